The number of fused-ring (bicyclic) bond motifs is 1. The van der Waals surface area contributed by atoms with Crippen molar-refractivity contribution in [2.75, 3.05) is 5.32 Å². The van der Waals surface area contributed by atoms with Crippen LogP contribution < -0.4 is 10.1 Å². The molecule has 0 spiro atoms. The summed E-state index contributed by atoms with van der Waals surface area (Å²) in [5.41, 5.74) is 0.0652. The van der Waals surface area contributed by atoms with Crippen LogP contribution in [0.4, 0.5) is 18.9 Å². The second kappa shape index (κ2) is 4.68. The van der Waals surface area contributed by atoms with E-state index in [0.29, 0.717) is 11.8 Å². The third-order valence-corrected chi connectivity index (χ3v) is 3.98. The zero-order valence-corrected chi connectivity index (χ0v) is 10.6. The Kier molecular flexibility index (Phi) is 3.11. The molecule has 2 aliphatic rings. The number of amides is 1. The molecule has 2 unspecified atom stereocenters. The predicted molar refractivity (Wildman–Crippen MR) is 66.1 cm³/mol. The Morgan fingerprint density at radius 2 is 1.80 bits per heavy atom. The van der Waals surface area contributed by atoms with Crippen molar-refractivity contribution in [1.29, 1.82) is 0 Å². The molecule has 1 N–H and O–H groups in total. The van der Waals surface area contributed by atoms with Crippen LogP contribution in [0.25, 0.3) is 0 Å². The quantitative estimate of drug-likeness (QED) is 0.922. The third-order valence-electron chi connectivity index (χ3n) is 3.98. The average molecular weight is 285 g/mol. The van der Waals surface area contributed by atoms with Crippen molar-refractivity contribution in [3.8, 4) is 5.75 Å². The maximum atomic E-state index is 12.3. The molecule has 20 heavy (non-hydrogen) atoms. The summed E-state index contributed by atoms with van der Waals surface area (Å²) in [4.78, 5) is 12.1. The second-order valence-electron chi connectivity index (χ2n) is 5.46. The molecule has 2 aliphatic carbocycles. The van der Waals surface area contributed by atoms with Gasteiger partial charge in [0, 0.05) is 5.92 Å². The van der Waals surface area contributed by atoms with Gasteiger partial charge in [-0.2, -0.15) is 0 Å². The topological polar surface area (TPSA) is 38.3 Å². The van der Waals surface area contributed by atoms with E-state index in [2.05, 4.69) is 10.1 Å². The maximum Gasteiger partial charge on any atom is 0.573 e. The first kappa shape index (κ1) is 13.3. The van der Waals surface area contributed by atoms with Crippen molar-refractivity contribution in [2.45, 2.75) is 25.6 Å². The molecule has 2 fully saturated rings. The predicted octanol–water partition coefficient (Wildman–Crippen LogP) is 3.57. The third kappa shape index (κ3) is 2.89. The Morgan fingerprint density at radius 3 is 2.45 bits per heavy atom. The summed E-state index contributed by atoms with van der Waals surface area (Å²) in [7, 11) is 0. The van der Waals surface area contributed by atoms with Gasteiger partial charge >= 0.3 is 6.36 Å². The van der Waals surface area contributed by atoms with Crippen LogP contribution in [0.2, 0.25) is 0 Å². The lowest BCUT2D eigenvalue weighted by Crippen LogP contribution is -2.23. The van der Waals surface area contributed by atoms with Crippen LogP contribution in [0.15, 0.2) is 24.3 Å². The van der Waals surface area contributed by atoms with Crippen molar-refractivity contribution >= 4 is 11.6 Å². The molecule has 108 valence electrons. The monoisotopic (exact) mass is 285 g/mol. The van der Waals surface area contributed by atoms with Gasteiger partial charge in [-0.1, -0.05) is 12.1 Å². The van der Waals surface area contributed by atoms with Crippen molar-refractivity contribution < 1.29 is 22.7 Å². The average Bonchev–Trinajstić information content (AvgIpc) is 2.97. The molecule has 2 atom stereocenters. The molecule has 0 bridgehead atoms. The highest BCUT2D eigenvalue weighted by Crippen LogP contribution is 2.54. The summed E-state index contributed by atoms with van der Waals surface area (Å²) in [5, 5.41) is 2.55. The first-order chi connectivity index (χ1) is 9.42. The van der Waals surface area contributed by atoms with Crippen molar-refractivity contribution in [3.63, 3.8) is 0 Å². The van der Waals surface area contributed by atoms with Crippen molar-refractivity contribution in [3.05, 3.63) is 24.3 Å². The van der Waals surface area contributed by atoms with Gasteiger partial charge in [-0.25, -0.2) is 0 Å². The van der Waals surface area contributed by atoms with Gasteiger partial charge in [0.1, 0.15) is 0 Å². The van der Waals surface area contributed by atoms with Crippen LogP contribution in [-0.4, -0.2) is 12.3 Å². The molecule has 1 amide bonds. The molecule has 3 nitrogen and oxygen atoms in total. The number of carbonyl (C=O) groups excluding carboxylic acids is 1. The van der Waals surface area contributed by atoms with Gasteiger partial charge in [-0.15, -0.1) is 13.2 Å². The molecule has 1 aromatic rings. The van der Waals surface area contributed by atoms with Crippen LogP contribution >= 0.6 is 0 Å². The van der Waals surface area contributed by atoms with E-state index >= 15 is 0 Å². The lowest BCUT2D eigenvalue weighted by molar-refractivity contribution is -0.274. The van der Waals surface area contributed by atoms with Crippen LogP contribution in [0, 0.1) is 17.8 Å². The fourth-order valence-electron chi connectivity index (χ4n) is 2.95. The molecule has 2 saturated carbocycles. The highest BCUT2D eigenvalue weighted by molar-refractivity contribution is 5.94. The molecule has 0 radical (unpaired) electrons. The van der Waals surface area contributed by atoms with Gasteiger partial charge in [0.15, 0.2) is 5.75 Å². The van der Waals surface area contributed by atoms with Gasteiger partial charge in [-0.3, -0.25) is 4.79 Å². The fraction of sp³-hybridized carbons (Fsp3) is 0.500. The summed E-state index contributed by atoms with van der Waals surface area (Å²) in [6, 6.07) is 5.59. The first-order valence-electron chi connectivity index (χ1n) is 6.58. The number of anilines is 1. The van der Waals surface area contributed by atoms with Crippen molar-refractivity contribution in [2.24, 2.45) is 17.8 Å². The number of hydrogen-bond acceptors (Lipinski definition) is 2. The minimum atomic E-state index is -4.77. The van der Waals surface area contributed by atoms with Gasteiger partial charge in [-0.05, 0) is 43.2 Å². The number of hydrogen-bond donors (Lipinski definition) is 1. The molecule has 0 heterocycles. The van der Waals surface area contributed by atoms with Gasteiger partial charge in [0.05, 0.1) is 5.69 Å². The fourth-order valence-corrected chi connectivity index (χ4v) is 2.95. The smallest absolute Gasteiger partial charge is 0.404 e. The van der Waals surface area contributed by atoms with Crippen LogP contribution in [0.3, 0.4) is 0 Å². The van der Waals surface area contributed by atoms with Crippen LogP contribution in [-0.2, 0) is 4.79 Å². The van der Waals surface area contributed by atoms with E-state index in [4.69, 9.17) is 0 Å². The molecule has 6 heteroatoms. The first-order valence-corrected chi connectivity index (χ1v) is 6.58. The summed E-state index contributed by atoms with van der Waals surface area (Å²) in [6.45, 7) is 0. The lowest BCUT2D eigenvalue weighted by Gasteiger charge is -2.16. The summed E-state index contributed by atoms with van der Waals surface area (Å²) in [5.74, 6) is 0.615. The molecular formula is C14H14F3NO2. The van der Waals surface area contributed by atoms with Crippen molar-refractivity contribution in [1.82, 2.24) is 0 Å². The van der Waals surface area contributed by atoms with Gasteiger partial charge in [0.2, 0.25) is 5.91 Å². The summed E-state index contributed by atoms with van der Waals surface area (Å²) < 4.78 is 40.8. The van der Waals surface area contributed by atoms with E-state index in [0.717, 1.165) is 12.8 Å². The van der Waals surface area contributed by atoms with E-state index in [1.807, 2.05) is 0 Å². The molecule has 3 rings (SSSR count). The van der Waals surface area contributed by atoms with E-state index < -0.39 is 6.36 Å². The number of carbonyl (C=O) groups is 1. The Hall–Kier alpha value is -1.72. The molecule has 0 aromatic heterocycles. The number of alkyl halides is 3. The highest BCUT2D eigenvalue weighted by atomic mass is 19.4. The van der Waals surface area contributed by atoms with E-state index in [-0.39, 0.29) is 23.3 Å². The minimum absolute atomic E-state index is 0.0652. The highest BCUT2D eigenvalue weighted by Gasteiger charge is 2.48. The summed E-state index contributed by atoms with van der Waals surface area (Å²) >= 11 is 0. The van der Waals surface area contributed by atoms with Crippen LogP contribution in [0.5, 0.6) is 5.75 Å². The second-order valence-corrected chi connectivity index (χ2v) is 5.46. The minimum Gasteiger partial charge on any atom is -0.404 e. The Labute approximate surface area is 114 Å². The summed E-state index contributed by atoms with van der Waals surface area (Å²) in [6.07, 6.45) is -1.88. The van der Waals surface area contributed by atoms with Crippen LogP contribution in [0.1, 0.15) is 19.3 Å². The van der Waals surface area contributed by atoms with E-state index in [1.165, 1.54) is 24.6 Å². The SMILES string of the molecule is O=C(Nc1ccccc1OC(F)(F)F)C1CC2CC2C1. The van der Waals surface area contributed by atoms with Gasteiger partial charge in [0.25, 0.3) is 0 Å². The molecule has 1 aromatic carbocycles. The van der Waals surface area contributed by atoms with Gasteiger partial charge < -0.3 is 10.1 Å². The van der Waals surface area contributed by atoms with E-state index in [1.54, 1.807) is 6.07 Å². The number of rotatable bonds is 3. The molecular weight excluding hydrogens is 271 g/mol. The zero-order chi connectivity index (χ0) is 14.3. The molecule has 0 aliphatic heterocycles. The Morgan fingerprint density at radius 1 is 1.15 bits per heavy atom. The lowest BCUT2D eigenvalue weighted by atomic mass is 10.0. The Balaban J connectivity index is 1.68. The number of halogens is 3. The largest absolute Gasteiger partial charge is 0.573 e. The number of para-hydroxylation sites is 2. The normalized spacial score (nSPS) is 27.9. The molecule has 0 saturated heterocycles. The number of ether oxygens (including phenoxy) is 1. The maximum absolute atomic E-state index is 12.3. The number of benzene rings is 1. The standard InChI is InChI=1S/C14H14F3NO2/c15-14(16,17)20-12-4-2-1-3-11(12)18-13(19)10-6-8-5-9(8)7-10/h1-4,8-10H,5-7H2,(H,18,19). The number of nitrogens with one attached hydrogen (secondary N) is 1. The zero-order valence-electron chi connectivity index (χ0n) is 10.6. The Bertz CT molecular complexity index is 519. The van der Waals surface area contributed by atoms with E-state index in [9.17, 15) is 18.0 Å².